The fourth-order valence-corrected chi connectivity index (χ4v) is 1.52. The van der Waals surface area contributed by atoms with E-state index in [-0.39, 0.29) is 24.6 Å². The van der Waals surface area contributed by atoms with Crippen LogP contribution in [0, 0.1) is 0 Å². The van der Waals surface area contributed by atoms with Crippen LogP contribution in [0.25, 0.3) is 0 Å². The second-order valence-corrected chi connectivity index (χ2v) is 3.63. The maximum absolute atomic E-state index is 11.6. The van der Waals surface area contributed by atoms with Gasteiger partial charge >= 0.3 is 5.97 Å². The Morgan fingerprint density at radius 2 is 2.20 bits per heavy atom. The highest BCUT2D eigenvalue weighted by molar-refractivity contribution is 7.81. The Kier molecular flexibility index (Phi) is 4.37. The van der Waals surface area contributed by atoms with Gasteiger partial charge in [0.05, 0.1) is 13.5 Å². The fraction of sp³-hybridized carbons (Fsp3) is 0.364. The van der Waals surface area contributed by atoms with Crippen LogP contribution in [0.4, 0.5) is 0 Å². The zero-order valence-corrected chi connectivity index (χ0v) is 9.30. The highest BCUT2D eigenvalue weighted by Gasteiger charge is 2.16. The van der Waals surface area contributed by atoms with Gasteiger partial charge in [-0.2, -0.15) is 0 Å². The number of hydrogen-bond acceptors (Lipinski definition) is 4. The quantitative estimate of drug-likeness (QED) is 0.539. The van der Waals surface area contributed by atoms with E-state index in [0.29, 0.717) is 16.9 Å². The van der Waals surface area contributed by atoms with Crippen molar-refractivity contribution < 1.29 is 14.3 Å². The molecular weight excluding hydrogens is 212 g/mol. The summed E-state index contributed by atoms with van der Waals surface area (Å²) >= 11 is 5.06. The van der Waals surface area contributed by atoms with Crippen molar-refractivity contribution >= 4 is 28.8 Å². The van der Waals surface area contributed by atoms with Crippen LogP contribution in [0.2, 0.25) is 0 Å². The molecule has 0 heterocycles. The monoisotopic (exact) mass is 224 g/mol. The summed E-state index contributed by atoms with van der Waals surface area (Å²) in [5.74, 6) is -0.462. The summed E-state index contributed by atoms with van der Waals surface area (Å²) in [5, 5.41) is 0. The third-order valence-electron chi connectivity index (χ3n) is 2.09. The molecule has 1 aliphatic carbocycles. The summed E-state index contributed by atoms with van der Waals surface area (Å²) in [6, 6.07) is 0. The van der Waals surface area contributed by atoms with Crippen LogP contribution in [-0.4, -0.2) is 23.7 Å². The van der Waals surface area contributed by atoms with E-state index in [1.165, 1.54) is 7.11 Å². The van der Waals surface area contributed by atoms with E-state index in [1.54, 1.807) is 12.2 Å². The summed E-state index contributed by atoms with van der Waals surface area (Å²) in [5.41, 5.74) is 0.552. The molecule has 0 aromatic rings. The van der Waals surface area contributed by atoms with Crippen molar-refractivity contribution in [2.45, 2.75) is 19.3 Å². The summed E-state index contributed by atoms with van der Waals surface area (Å²) in [6.07, 6.45) is 6.31. The molecule has 80 valence electrons. The van der Waals surface area contributed by atoms with Crippen molar-refractivity contribution in [2.75, 3.05) is 7.11 Å². The SMILES string of the molecule is COC(=O)CCC(=O)C1=CC=CCC1=S. The molecule has 4 heteroatoms. The Morgan fingerprint density at radius 1 is 1.47 bits per heavy atom. The van der Waals surface area contributed by atoms with Crippen LogP contribution in [0.5, 0.6) is 0 Å². The van der Waals surface area contributed by atoms with E-state index < -0.39 is 0 Å². The normalized spacial score (nSPS) is 14.7. The van der Waals surface area contributed by atoms with E-state index in [9.17, 15) is 9.59 Å². The summed E-state index contributed by atoms with van der Waals surface area (Å²) < 4.78 is 4.46. The van der Waals surface area contributed by atoms with Gasteiger partial charge < -0.3 is 4.74 Å². The molecule has 0 saturated carbocycles. The Bertz CT molecular complexity index is 353. The van der Waals surface area contributed by atoms with Crippen LogP contribution in [-0.2, 0) is 14.3 Å². The molecule has 0 aromatic heterocycles. The van der Waals surface area contributed by atoms with Gasteiger partial charge in [-0.15, -0.1) is 0 Å². The molecule has 0 spiro atoms. The maximum Gasteiger partial charge on any atom is 0.305 e. The van der Waals surface area contributed by atoms with Crippen molar-refractivity contribution in [3.8, 4) is 0 Å². The second-order valence-electron chi connectivity index (χ2n) is 3.14. The van der Waals surface area contributed by atoms with Gasteiger partial charge in [0.2, 0.25) is 0 Å². The van der Waals surface area contributed by atoms with Gasteiger partial charge in [0, 0.05) is 23.3 Å². The lowest BCUT2D eigenvalue weighted by molar-refractivity contribution is -0.141. The number of carbonyl (C=O) groups is 2. The third-order valence-corrected chi connectivity index (χ3v) is 2.47. The molecule has 0 bridgehead atoms. The van der Waals surface area contributed by atoms with Gasteiger partial charge in [0.15, 0.2) is 5.78 Å². The Morgan fingerprint density at radius 3 is 2.80 bits per heavy atom. The second kappa shape index (κ2) is 5.56. The maximum atomic E-state index is 11.6. The molecule has 0 radical (unpaired) electrons. The van der Waals surface area contributed by atoms with E-state index >= 15 is 0 Å². The van der Waals surface area contributed by atoms with E-state index in [4.69, 9.17) is 12.2 Å². The van der Waals surface area contributed by atoms with Crippen molar-refractivity contribution in [2.24, 2.45) is 0 Å². The first-order valence-electron chi connectivity index (χ1n) is 4.65. The number of allylic oxidation sites excluding steroid dienone is 4. The number of methoxy groups -OCH3 is 1. The highest BCUT2D eigenvalue weighted by atomic mass is 32.1. The molecule has 1 rings (SSSR count). The molecule has 0 aromatic carbocycles. The predicted molar refractivity (Wildman–Crippen MR) is 60.7 cm³/mol. The Hall–Kier alpha value is -1.29. The van der Waals surface area contributed by atoms with Gasteiger partial charge in [0.1, 0.15) is 0 Å². The summed E-state index contributed by atoms with van der Waals surface area (Å²) in [7, 11) is 1.31. The topological polar surface area (TPSA) is 43.4 Å². The standard InChI is InChI=1S/C11H12O3S/c1-14-11(13)7-6-9(12)8-4-2-3-5-10(8)15/h2-4H,5-7H2,1H3. The number of ketones is 1. The fourth-order valence-electron chi connectivity index (χ4n) is 1.24. The number of hydrogen-bond donors (Lipinski definition) is 0. The lowest BCUT2D eigenvalue weighted by atomic mass is 9.98. The van der Waals surface area contributed by atoms with Crippen LogP contribution >= 0.6 is 12.2 Å². The minimum atomic E-state index is -0.374. The lowest BCUT2D eigenvalue weighted by Crippen LogP contribution is -2.14. The molecule has 3 nitrogen and oxygen atoms in total. The molecule has 0 saturated heterocycles. The molecule has 1 aliphatic rings. The zero-order valence-electron chi connectivity index (χ0n) is 8.49. The summed E-state index contributed by atoms with van der Waals surface area (Å²) in [6.45, 7) is 0. The predicted octanol–water partition coefficient (Wildman–Crippen LogP) is 1.76. The van der Waals surface area contributed by atoms with Gasteiger partial charge in [-0.05, 0) is 0 Å². The van der Waals surface area contributed by atoms with Gasteiger partial charge in [0.25, 0.3) is 0 Å². The smallest absolute Gasteiger partial charge is 0.305 e. The molecule has 0 fully saturated rings. The number of thiocarbonyl (C=S) groups is 1. The largest absolute Gasteiger partial charge is 0.469 e. The minimum absolute atomic E-state index is 0.0882. The molecule has 0 amide bonds. The van der Waals surface area contributed by atoms with Crippen LogP contribution < -0.4 is 0 Å². The van der Waals surface area contributed by atoms with Gasteiger partial charge in [-0.25, -0.2) is 0 Å². The van der Waals surface area contributed by atoms with Crippen molar-refractivity contribution in [1.82, 2.24) is 0 Å². The molecular formula is C11H12O3S. The van der Waals surface area contributed by atoms with Gasteiger partial charge in [-0.3, -0.25) is 9.59 Å². The van der Waals surface area contributed by atoms with E-state index in [1.807, 2.05) is 6.08 Å². The molecule has 0 aliphatic heterocycles. The summed E-state index contributed by atoms with van der Waals surface area (Å²) in [4.78, 5) is 23.1. The first-order chi connectivity index (χ1) is 7.15. The number of rotatable bonds is 4. The number of ether oxygens (including phenoxy) is 1. The number of Topliss-reactive ketones (excluding diaryl/α,β-unsaturated/α-hetero) is 1. The van der Waals surface area contributed by atoms with Crippen molar-refractivity contribution in [1.29, 1.82) is 0 Å². The van der Waals surface area contributed by atoms with Crippen LogP contribution in [0.15, 0.2) is 23.8 Å². The third kappa shape index (κ3) is 3.40. The molecule has 15 heavy (non-hydrogen) atoms. The minimum Gasteiger partial charge on any atom is -0.469 e. The van der Waals surface area contributed by atoms with E-state index in [0.717, 1.165) is 0 Å². The number of carbonyl (C=O) groups excluding carboxylic acids is 2. The average molecular weight is 224 g/mol. The number of esters is 1. The molecule has 0 unspecified atom stereocenters. The van der Waals surface area contributed by atoms with Gasteiger partial charge in [-0.1, -0.05) is 30.4 Å². The first-order valence-corrected chi connectivity index (χ1v) is 5.06. The average Bonchev–Trinajstić information content (AvgIpc) is 2.26. The lowest BCUT2D eigenvalue weighted by Gasteiger charge is -2.08. The molecule has 0 N–H and O–H groups in total. The van der Waals surface area contributed by atoms with Crippen molar-refractivity contribution in [3.05, 3.63) is 23.8 Å². The molecule has 0 atom stereocenters. The van der Waals surface area contributed by atoms with Crippen LogP contribution in [0.1, 0.15) is 19.3 Å². The Balaban J connectivity index is 2.53. The highest BCUT2D eigenvalue weighted by Crippen LogP contribution is 2.13. The van der Waals surface area contributed by atoms with E-state index in [2.05, 4.69) is 4.74 Å². The zero-order chi connectivity index (χ0) is 11.3. The first kappa shape index (κ1) is 11.8. The Labute approximate surface area is 93.8 Å². The van der Waals surface area contributed by atoms with Crippen molar-refractivity contribution in [3.63, 3.8) is 0 Å². The van der Waals surface area contributed by atoms with Crippen LogP contribution in [0.3, 0.4) is 0 Å².